The molecule has 3 rings (SSSR count). The molecule has 0 fully saturated rings. The average Bonchev–Trinajstić information content (AvgIpc) is 3.34. The van der Waals surface area contributed by atoms with Crippen LogP contribution in [0.5, 0.6) is 17.2 Å². The van der Waals surface area contributed by atoms with E-state index in [4.69, 9.17) is 19.2 Å². The fourth-order valence-corrected chi connectivity index (χ4v) is 3.37. The van der Waals surface area contributed by atoms with Crippen molar-refractivity contribution < 1.29 is 14.2 Å². The minimum absolute atomic E-state index is 0. The average molecular weight is 565 g/mol. The summed E-state index contributed by atoms with van der Waals surface area (Å²) in [5.41, 5.74) is 3.36. The number of hydrogen-bond donors (Lipinski definition) is 2. The van der Waals surface area contributed by atoms with E-state index in [-0.39, 0.29) is 24.0 Å². The molecule has 0 radical (unpaired) electrons. The highest BCUT2D eigenvalue weighted by Gasteiger charge is 2.13. The number of nitrogens with zero attached hydrogens (tertiary/aromatic N) is 3. The monoisotopic (exact) mass is 565 g/mol. The van der Waals surface area contributed by atoms with Crippen molar-refractivity contribution in [2.24, 2.45) is 4.99 Å². The quantitative estimate of drug-likeness (QED) is 0.221. The highest BCUT2D eigenvalue weighted by molar-refractivity contribution is 14.0. The number of hydrogen-bond acceptors (Lipinski definition) is 5. The van der Waals surface area contributed by atoms with Gasteiger partial charge >= 0.3 is 0 Å². The lowest BCUT2D eigenvalue weighted by Crippen LogP contribution is -2.37. The molecule has 0 aliphatic carbocycles. The van der Waals surface area contributed by atoms with E-state index < -0.39 is 0 Å². The van der Waals surface area contributed by atoms with Gasteiger partial charge in [-0.2, -0.15) is 5.10 Å². The molecule has 1 aromatic heterocycles. The molecule has 0 spiro atoms. The van der Waals surface area contributed by atoms with Crippen LogP contribution in [0.3, 0.4) is 0 Å². The third kappa shape index (κ3) is 7.28. The topological polar surface area (TPSA) is 81.9 Å². The number of halogens is 1. The lowest BCUT2D eigenvalue weighted by atomic mass is 10.1. The number of methoxy groups -OCH3 is 3. The predicted molar refractivity (Wildman–Crippen MR) is 141 cm³/mol. The summed E-state index contributed by atoms with van der Waals surface area (Å²) in [6, 6.07) is 14.1. The van der Waals surface area contributed by atoms with Crippen LogP contribution < -0.4 is 24.8 Å². The van der Waals surface area contributed by atoms with Gasteiger partial charge in [-0.3, -0.25) is 4.68 Å². The Balaban J connectivity index is 0.00000385. The molecule has 33 heavy (non-hydrogen) atoms. The Morgan fingerprint density at radius 2 is 1.67 bits per heavy atom. The zero-order chi connectivity index (χ0) is 22.8. The third-order valence-electron chi connectivity index (χ3n) is 4.94. The Kier molecular flexibility index (Phi) is 10.8. The second-order valence-electron chi connectivity index (χ2n) is 7.05. The SMILES string of the molecule is CCNC(=NCc1cc(OC)c(OC)c(OC)c1)NCc1ccccc1Cn1cccn1.I. The van der Waals surface area contributed by atoms with Gasteiger partial charge < -0.3 is 24.8 Å². The summed E-state index contributed by atoms with van der Waals surface area (Å²) in [7, 11) is 4.81. The first-order valence-corrected chi connectivity index (χ1v) is 10.5. The standard InChI is InChI=1S/C24H31N5O3.HI/c1-5-25-24(26-15-18-13-21(30-2)23(32-4)22(14-18)31-3)27-16-19-9-6-7-10-20(19)17-29-12-8-11-28-29;/h6-14H,5,15-17H2,1-4H3,(H2,25,26,27);1H. The number of guanidine groups is 1. The molecule has 178 valence electrons. The molecule has 0 aliphatic heterocycles. The first kappa shape index (κ1) is 26.3. The van der Waals surface area contributed by atoms with Crippen LogP contribution in [-0.4, -0.2) is 43.6 Å². The van der Waals surface area contributed by atoms with Gasteiger partial charge in [-0.1, -0.05) is 24.3 Å². The van der Waals surface area contributed by atoms with Gasteiger partial charge in [-0.15, -0.1) is 24.0 Å². The van der Waals surface area contributed by atoms with E-state index in [1.54, 1.807) is 27.5 Å². The summed E-state index contributed by atoms with van der Waals surface area (Å²) in [4.78, 5) is 4.74. The molecule has 0 atom stereocenters. The van der Waals surface area contributed by atoms with Gasteiger partial charge in [0, 0.05) is 25.5 Å². The van der Waals surface area contributed by atoms with Gasteiger partial charge in [0.1, 0.15) is 0 Å². The summed E-state index contributed by atoms with van der Waals surface area (Å²) in [6.45, 7) is 4.64. The number of aliphatic imine (C=N–C) groups is 1. The highest BCUT2D eigenvalue weighted by atomic mass is 127. The van der Waals surface area contributed by atoms with Crippen LogP contribution in [0.15, 0.2) is 59.9 Å². The minimum atomic E-state index is 0. The zero-order valence-electron chi connectivity index (χ0n) is 19.5. The normalized spacial score (nSPS) is 10.8. The van der Waals surface area contributed by atoms with Crippen LogP contribution in [0.25, 0.3) is 0 Å². The summed E-state index contributed by atoms with van der Waals surface area (Å²) < 4.78 is 18.2. The molecule has 0 aliphatic rings. The maximum atomic E-state index is 5.44. The predicted octanol–water partition coefficient (Wildman–Crippen LogP) is 3.83. The Labute approximate surface area is 212 Å². The molecule has 9 heteroatoms. The number of rotatable bonds is 10. The Hall–Kier alpha value is -2.95. The Bertz CT molecular complexity index is 1000. The second kappa shape index (κ2) is 13.6. The van der Waals surface area contributed by atoms with Crippen LogP contribution in [0.4, 0.5) is 0 Å². The molecule has 0 unspecified atom stereocenters. The Morgan fingerprint density at radius 3 is 2.24 bits per heavy atom. The van der Waals surface area contributed by atoms with E-state index in [0.717, 1.165) is 24.6 Å². The molecule has 0 saturated carbocycles. The largest absolute Gasteiger partial charge is 0.493 e. The lowest BCUT2D eigenvalue weighted by molar-refractivity contribution is 0.324. The van der Waals surface area contributed by atoms with E-state index in [9.17, 15) is 0 Å². The minimum Gasteiger partial charge on any atom is -0.493 e. The van der Waals surface area contributed by atoms with Crippen LogP contribution in [0, 0.1) is 0 Å². The first-order valence-electron chi connectivity index (χ1n) is 10.5. The van der Waals surface area contributed by atoms with Gasteiger partial charge in [0.2, 0.25) is 5.75 Å². The third-order valence-corrected chi connectivity index (χ3v) is 4.94. The lowest BCUT2D eigenvalue weighted by Gasteiger charge is -2.15. The van der Waals surface area contributed by atoms with Crippen molar-refractivity contribution in [2.75, 3.05) is 27.9 Å². The van der Waals surface area contributed by atoms with E-state index in [1.165, 1.54) is 11.1 Å². The van der Waals surface area contributed by atoms with Crippen LogP contribution in [0.1, 0.15) is 23.6 Å². The summed E-state index contributed by atoms with van der Waals surface area (Å²) in [6.07, 6.45) is 3.76. The van der Waals surface area contributed by atoms with Crippen molar-refractivity contribution in [3.63, 3.8) is 0 Å². The van der Waals surface area contributed by atoms with E-state index in [0.29, 0.717) is 30.3 Å². The van der Waals surface area contributed by atoms with Crippen molar-refractivity contribution in [1.82, 2.24) is 20.4 Å². The van der Waals surface area contributed by atoms with Gasteiger partial charge in [0.05, 0.1) is 34.4 Å². The van der Waals surface area contributed by atoms with Crippen molar-refractivity contribution in [3.05, 3.63) is 71.5 Å². The fourth-order valence-electron chi connectivity index (χ4n) is 3.37. The molecular formula is C24H32IN5O3. The molecule has 0 saturated heterocycles. The molecule has 8 nitrogen and oxygen atoms in total. The summed E-state index contributed by atoms with van der Waals surface area (Å²) in [5.74, 6) is 2.53. The van der Waals surface area contributed by atoms with Crippen LogP contribution in [0.2, 0.25) is 0 Å². The molecule has 2 N–H and O–H groups in total. The van der Waals surface area contributed by atoms with Crippen LogP contribution >= 0.6 is 24.0 Å². The van der Waals surface area contributed by atoms with Crippen molar-refractivity contribution in [3.8, 4) is 17.2 Å². The summed E-state index contributed by atoms with van der Waals surface area (Å²) >= 11 is 0. The maximum Gasteiger partial charge on any atom is 0.203 e. The molecule has 0 bridgehead atoms. The molecule has 0 amide bonds. The molecule has 3 aromatic rings. The number of ether oxygens (including phenoxy) is 3. The van der Waals surface area contributed by atoms with Crippen molar-refractivity contribution >= 4 is 29.9 Å². The van der Waals surface area contributed by atoms with Gasteiger partial charge in [0.15, 0.2) is 17.5 Å². The number of benzene rings is 2. The van der Waals surface area contributed by atoms with Gasteiger partial charge in [-0.25, -0.2) is 4.99 Å². The van der Waals surface area contributed by atoms with Crippen molar-refractivity contribution in [2.45, 2.75) is 26.6 Å². The zero-order valence-corrected chi connectivity index (χ0v) is 21.8. The fraction of sp³-hybridized carbons (Fsp3) is 0.333. The molecule has 1 heterocycles. The smallest absolute Gasteiger partial charge is 0.203 e. The molecule has 2 aromatic carbocycles. The van der Waals surface area contributed by atoms with Crippen molar-refractivity contribution in [1.29, 1.82) is 0 Å². The van der Waals surface area contributed by atoms with Crippen LogP contribution in [-0.2, 0) is 19.6 Å². The molecular weight excluding hydrogens is 533 g/mol. The van der Waals surface area contributed by atoms with Gasteiger partial charge in [-0.05, 0) is 41.8 Å². The summed E-state index contributed by atoms with van der Waals surface area (Å²) in [5, 5.41) is 11.0. The Morgan fingerprint density at radius 1 is 0.970 bits per heavy atom. The van der Waals surface area contributed by atoms with E-state index in [1.807, 2.05) is 48.1 Å². The highest BCUT2D eigenvalue weighted by Crippen LogP contribution is 2.38. The number of nitrogens with one attached hydrogen (secondary N) is 2. The van der Waals surface area contributed by atoms with Gasteiger partial charge in [0.25, 0.3) is 0 Å². The van der Waals surface area contributed by atoms with E-state index >= 15 is 0 Å². The number of aromatic nitrogens is 2. The maximum absolute atomic E-state index is 5.44. The first-order chi connectivity index (χ1) is 15.7. The van der Waals surface area contributed by atoms with E-state index in [2.05, 4.69) is 27.9 Å². The second-order valence-corrected chi connectivity index (χ2v) is 7.05.